The van der Waals surface area contributed by atoms with Gasteiger partial charge in [0.05, 0.1) is 5.52 Å². The van der Waals surface area contributed by atoms with Gasteiger partial charge in [-0.15, -0.1) is 5.10 Å². The molecule has 0 aliphatic rings. The third kappa shape index (κ3) is 1.38. The first-order valence-corrected chi connectivity index (χ1v) is 4.15. The fraction of sp³-hybridized carbons (Fsp3) is 0. The summed E-state index contributed by atoms with van der Waals surface area (Å²) in [6.07, 6.45) is 0. The number of fused-ring (bicyclic) bond motifs is 1. The minimum Gasteiger partial charge on any atom is -0.253 e. The van der Waals surface area contributed by atoms with Crippen molar-refractivity contribution in [1.82, 2.24) is 15.0 Å². The summed E-state index contributed by atoms with van der Waals surface area (Å²) in [5.74, 6) is 0. The van der Waals surface area contributed by atoms with E-state index in [1.54, 1.807) is 18.2 Å². The fourth-order valence-electron chi connectivity index (χ4n) is 1.03. The van der Waals surface area contributed by atoms with Crippen LogP contribution in [0, 0.1) is 0 Å². The van der Waals surface area contributed by atoms with Crippen LogP contribution in [0.4, 0.5) is 4.79 Å². The van der Waals surface area contributed by atoms with Gasteiger partial charge in [0.15, 0.2) is 0 Å². The molecule has 0 saturated carbocycles. The number of carbonyl (C=O) groups excluding carboxylic acids is 1. The van der Waals surface area contributed by atoms with Crippen molar-refractivity contribution in [1.29, 1.82) is 0 Å². The predicted octanol–water partition coefficient (Wildman–Crippen LogP) is 2.29. The highest BCUT2D eigenvalue weighted by Gasteiger charge is 2.08. The summed E-state index contributed by atoms with van der Waals surface area (Å²) >= 11 is 11.0. The summed E-state index contributed by atoms with van der Waals surface area (Å²) in [5, 5.41) is 7.14. The number of carbonyl (C=O) groups is 1. The van der Waals surface area contributed by atoms with E-state index < -0.39 is 5.37 Å². The van der Waals surface area contributed by atoms with Crippen LogP contribution in [-0.4, -0.2) is 20.4 Å². The van der Waals surface area contributed by atoms with Crippen LogP contribution in [0.3, 0.4) is 0 Å². The van der Waals surface area contributed by atoms with Gasteiger partial charge < -0.3 is 0 Å². The highest BCUT2D eigenvalue weighted by molar-refractivity contribution is 6.63. The molecular weight excluding hydrogens is 213 g/mol. The van der Waals surface area contributed by atoms with E-state index in [2.05, 4.69) is 10.3 Å². The minimum absolute atomic E-state index is 0.543. The first kappa shape index (κ1) is 8.47. The van der Waals surface area contributed by atoms with E-state index in [9.17, 15) is 4.79 Å². The summed E-state index contributed by atoms with van der Waals surface area (Å²) in [6.45, 7) is 0. The highest BCUT2D eigenvalue weighted by Crippen LogP contribution is 2.17. The standard InChI is InChI=1S/C7H3Cl2N3O/c8-4-1-2-6-5(3-4)10-11-12(6)7(9)13/h1-3H. The molecule has 2 rings (SSSR count). The lowest BCUT2D eigenvalue weighted by atomic mass is 10.3. The Hall–Kier alpha value is -1.13. The molecule has 13 heavy (non-hydrogen) atoms. The van der Waals surface area contributed by atoms with E-state index in [0.29, 0.717) is 16.1 Å². The van der Waals surface area contributed by atoms with Crippen LogP contribution in [0.15, 0.2) is 18.2 Å². The van der Waals surface area contributed by atoms with Crippen LogP contribution in [0.25, 0.3) is 11.0 Å². The van der Waals surface area contributed by atoms with Gasteiger partial charge in [0, 0.05) is 5.02 Å². The van der Waals surface area contributed by atoms with E-state index in [-0.39, 0.29) is 0 Å². The first-order valence-electron chi connectivity index (χ1n) is 3.39. The van der Waals surface area contributed by atoms with Crippen molar-refractivity contribution in [2.24, 2.45) is 0 Å². The Kier molecular flexibility index (Phi) is 1.94. The third-order valence-corrected chi connectivity index (χ3v) is 1.97. The second kappa shape index (κ2) is 2.97. The molecule has 1 heterocycles. The number of hydrogen-bond acceptors (Lipinski definition) is 3. The van der Waals surface area contributed by atoms with Gasteiger partial charge >= 0.3 is 5.37 Å². The van der Waals surface area contributed by atoms with Crippen molar-refractivity contribution >= 4 is 39.6 Å². The zero-order valence-electron chi connectivity index (χ0n) is 6.24. The molecule has 4 nitrogen and oxygen atoms in total. The lowest BCUT2D eigenvalue weighted by Crippen LogP contribution is -2.03. The lowest BCUT2D eigenvalue weighted by molar-refractivity contribution is 0.259. The maximum absolute atomic E-state index is 10.8. The number of hydrogen-bond donors (Lipinski definition) is 0. The van der Waals surface area contributed by atoms with Gasteiger partial charge in [-0.3, -0.25) is 4.79 Å². The fourth-order valence-corrected chi connectivity index (χ4v) is 1.32. The molecule has 6 heteroatoms. The average molecular weight is 216 g/mol. The van der Waals surface area contributed by atoms with Crippen molar-refractivity contribution in [3.05, 3.63) is 23.2 Å². The van der Waals surface area contributed by atoms with Gasteiger partial charge in [-0.1, -0.05) is 16.8 Å². The average Bonchev–Trinajstić information content (AvgIpc) is 2.46. The molecule has 0 unspecified atom stereocenters. The minimum atomic E-state index is -0.690. The second-order valence-corrected chi connectivity index (χ2v) is 3.15. The first-order chi connectivity index (χ1) is 6.18. The van der Waals surface area contributed by atoms with Crippen LogP contribution < -0.4 is 0 Å². The molecule has 0 N–H and O–H groups in total. The van der Waals surface area contributed by atoms with Gasteiger partial charge in [-0.2, -0.15) is 4.68 Å². The van der Waals surface area contributed by atoms with Gasteiger partial charge in [-0.05, 0) is 29.8 Å². The Labute approximate surface area is 83.0 Å². The molecule has 0 aliphatic carbocycles. The molecule has 66 valence electrons. The Morgan fingerprint density at radius 1 is 1.46 bits per heavy atom. The molecule has 1 aromatic heterocycles. The summed E-state index contributed by atoms with van der Waals surface area (Å²) < 4.78 is 1.01. The number of nitrogens with zero attached hydrogens (tertiary/aromatic N) is 3. The molecule has 0 aliphatic heterocycles. The van der Waals surface area contributed by atoms with Crippen molar-refractivity contribution in [2.45, 2.75) is 0 Å². The van der Waals surface area contributed by atoms with Gasteiger partial charge in [-0.25, -0.2) is 0 Å². The molecule has 0 bridgehead atoms. The van der Waals surface area contributed by atoms with E-state index >= 15 is 0 Å². The Balaban J connectivity index is 2.76. The van der Waals surface area contributed by atoms with E-state index in [4.69, 9.17) is 23.2 Å². The molecule has 0 amide bonds. The summed E-state index contributed by atoms with van der Waals surface area (Å²) in [4.78, 5) is 10.8. The predicted molar refractivity (Wildman–Crippen MR) is 49.2 cm³/mol. The van der Waals surface area contributed by atoms with Crippen LogP contribution >= 0.6 is 23.2 Å². The van der Waals surface area contributed by atoms with Crippen molar-refractivity contribution in [2.75, 3.05) is 0 Å². The van der Waals surface area contributed by atoms with Crippen LogP contribution in [-0.2, 0) is 0 Å². The SMILES string of the molecule is O=C(Cl)n1nnc2cc(Cl)ccc21. The van der Waals surface area contributed by atoms with E-state index in [1.165, 1.54) is 0 Å². The zero-order chi connectivity index (χ0) is 9.42. The Bertz CT molecular complexity index is 480. The Morgan fingerprint density at radius 3 is 2.92 bits per heavy atom. The quantitative estimate of drug-likeness (QED) is 0.634. The van der Waals surface area contributed by atoms with Crippen molar-refractivity contribution < 1.29 is 4.79 Å². The highest BCUT2D eigenvalue weighted by atomic mass is 35.5. The number of halogens is 2. The number of benzene rings is 1. The van der Waals surface area contributed by atoms with Crippen LogP contribution in [0.5, 0.6) is 0 Å². The smallest absolute Gasteiger partial charge is 0.253 e. The maximum Gasteiger partial charge on any atom is 0.342 e. The van der Waals surface area contributed by atoms with Gasteiger partial charge in [0.1, 0.15) is 5.52 Å². The molecule has 2 aromatic rings. The number of rotatable bonds is 0. The van der Waals surface area contributed by atoms with Crippen LogP contribution in [0.2, 0.25) is 5.02 Å². The van der Waals surface area contributed by atoms with Crippen molar-refractivity contribution in [3.8, 4) is 0 Å². The molecule has 0 fully saturated rings. The lowest BCUT2D eigenvalue weighted by Gasteiger charge is -1.92. The molecule has 0 saturated heterocycles. The van der Waals surface area contributed by atoms with Gasteiger partial charge in [0.25, 0.3) is 0 Å². The molecule has 1 aromatic carbocycles. The zero-order valence-corrected chi connectivity index (χ0v) is 7.75. The summed E-state index contributed by atoms with van der Waals surface area (Å²) in [6, 6.07) is 4.89. The molecule has 0 spiro atoms. The second-order valence-electron chi connectivity index (χ2n) is 2.39. The number of aromatic nitrogens is 3. The van der Waals surface area contributed by atoms with Gasteiger partial charge in [0.2, 0.25) is 0 Å². The molecular formula is C7H3Cl2N3O. The van der Waals surface area contributed by atoms with E-state index in [1.807, 2.05) is 0 Å². The Morgan fingerprint density at radius 2 is 2.23 bits per heavy atom. The maximum atomic E-state index is 10.8. The largest absolute Gasteiger partial charge is 0.342 e. The molecule has 0 atom stereocenters. The third-order valence-electron chi connectivity index (χ3n) is 1.57. The normalized spacial score (nSPS) is 10.6. The summed E-state index contributed by atoms with van der Waals surface area (Å²) in [7, 11) is 0. The van der Waals surface area contributed by atoms with Crippen molar-refractivity contribution in [3.63, 3.8) is 0 Å². The topological polar surface area (TPSA) is 47.8 Å². The summed E-state index contributed by atoms with van der Waals surface area (Å²) in [5.41, 5.74) is 1.09. The van der Waals surface area contributed by atoms with Crippen LogP contribution in [0.1, 0.15) is 0 Å². The van der Waals surface area contributed by atoms with E-state index in [0.717, 1.165) is 4.68 Å². The monoisotopic (exact) mass is 215 g/mol. The molecule has 0 radical (unpaired) electrons.